The zero-order chi connectivity index (χ0) is 110. The van der Waals surface area contributed by atoms with Crippen molar-refractivity contribution in [3.8, 4) is 141 Å². The Balaban J connectivity index is 0.00000363. The van der Waals surface area contributed by atoms with Crippen LogP contribution in [0, 0.1) is 143 Å². The number of allylic oxidation sites excluding steroid dienone is 4. The third kappa shape index (κ3) is 34.9. The third-order valence-electron chi connectivity index (χ3n) is 26.8. The second kappa shape index (κ2) is 50.1. The fraction of sp³-hybridized carbons (Fsp3) is 0.612. The zero-order valence-corrected chi connectivity index (χ0v) is 98.0. The molecule has 5 N–H and O–H groups in total. The van der Waals surface area contributed by atoms with Crippen LogP contribution < -0.4 is 37.9 Å². The van der Waals surface area contributed by atoms with Crippen LogP contribution in [0.15, 0.2) is 91.8 Å². The van der Waals surface area contributed by atoms with E-state index in [2.05, 4.69) is 343 Å². The van der Waals surface area contributed by atoms with Crippen LogP contribution in [-0.4, -0.2) is 81.7 Å². The van der Waals surface area contributed by atoms with Crippen LogP contribution in [0.4, 0.5) is 0 Å². The molecule has 1 aliphatic carbocycles. The van der Waals surface area contributed by atoms with Gasteiger partial charge in [-0.25, -0.2) is 0 Å². The summed E-state index contributed by atoms with van der Waals surface area (Å²) in [4.78, 5) is 0. The fourth-order valence-corrected chi connectivity index (χ4v) is 17.4. The van der Waals surface area contributed by atoms with Gasteiger partial charge in [-0.2, -0.15) is 0 Å². The molecule has 13 heteroatoms. The maximum atomic E-state index is 11.2. The number of hydrogen-bond acceptors (Lipinski definition) is 13. The number of hydrogen-bond donors (Lipinski definition) is 5. The van der Waals surface area contributed by atoms with E-state index in [1.165, 1.54) is 0 Å². The van der Waals surface area contributed by atoms with E-state index >= 15 is 0 Å². The predicted molar refractivity (Wildman–Crippen MR) is 605 cm³/mol. The molecular weight excluding hydrogens is 1820 g/mol. The highest BCUT2D eigenvalue weighted by Crippen LogP contribution is 2.60. The molecule has 0 saturated heterocycles. The van der Waals surface area contributed by atoms with Crippen molar-refractivity contribution in [3.05, 3.63) is 159 Å². The number of unbranched alkanes of at least 4 members (excludes halogenated alkanes) is 12. The Morgan fingerprint density at radius 1 is 0.238 bits per heavy atom. The Kier molecular flexibility index (Phi) is 41.5. The molecule has 4 aromatic carbocycles. The maximum Gasteiger partial charge on any atom is 0.231 e. The molecule has 0 radical (unpaired) electrons. The topological polar surface area (TPSA) is 175 Å². The lowest BCUT2D eigenvalue weighted by molar-refractivity contribution is 0.0972. The molecule has 0 atom stereocenters. The van der Waals surface area contributed by atoms with Crippen molar-refractivity contribution < 1.29 is 63.4 Å². The summed E-state index contributed by atoms with van der Waals surface area (Å²) in [7, 11) is 0. The second-order valence-electron chi connectivity index (χ2n) is 52.0. The Hall–Kier alpha value is -10.4. The lowest BCUT2D eigenvalue weighted by Crippen LogP contribution is -2.25. The van der Waals surface area contributed by atoms with Crippen LogP contribution in [0.25, 0.3) is 0 Å². The number of aliphatic hydroxyl groups excluding tert-OH is 1. The molecule has 4 aliphatic heterocycles. The molecular formula is C134H182O13. The number of aliphatic hydroxyl groups is 5. The molecule has 13 nitrogen and oxygen atoms in total. The lowest BCUT2D eigenvalue weighted by atomic mass is 9.74. The highest BCUT2D eigenvalue weighted by Gasteiger charge is 2.43. The molecule has 0 aromatic heterocycles. The smallest absolute Gasteiger partial charge is 0.231 e. The minimum Gasteiger partial charge on any atom is -0.456 e. The first-order valence-electron chi connectivity index (χ1n) is 54.6. The van der Waals surface area contributed by atoms with Gasteiger partial charge in [-0.15, -0.1) is 0 Å². The summed E-state index contributed by atoms with van der Waals surface area (Å²) < 4.78 is 60.9. The van der Waals surface area contributed by atoms with Gasteiger partial charge in [0.05, 0.1) is 44.6 Å². The first-order valence-corrected chi connectivity index (χ1v) is 54.6. The highest BCUT2D eigenvalue weighted by atomic mass is 16.7. The molecule has 5 aliphatic rings. The van der Waals surface area contributed by atoms with E-state index < -0.39 is 89.4 Å². The van der Waals surface area contributed by atoms with Crippen molar-refractivity contribution in [2.24, 2.45) is 48.7 Å². The van der Waals surface area contributed by atoms with Gasteiger partial charge in [-0.3, -0.25) is 0 Å². The Morgan fingerprint density at radius 2 is 0.395 bits per heavy atom. The molecule has 9 rings (SSSR count). The average molecular weight is 2000 g/mol. The molecule has 4 heterocycles. The molecule has 0 fully saturated rings. The van der Waals surface area contributed by atoms with E-state index in [-0.39, 0.29) is 32.6 Å². The summed E-state index contributed by atoms with van der Waals surface area (Å²) in [6.45, 7) is 79.0. The number of ether oxygens (including phenoxy) is 8. The average Bonchev–Trinajstić information content (AvgIpc) is 0.716. The van der Waals surface area contributed by atoms with Crippen LogP contribution in [-0.2, 0) is 0 Å². The lowest BCUT2D eigenvalue weighted by Gasteiger charge is -2.36. The van der Waals surface area contributed by atoms with Gasteiger partial charge in [-0.1, -0.05) is 435 Å². The van der Waals surface area contributed by atoms with Crippen LogP contribution in [0.5, 0.6) is 46.0 Å². The summed E-state index contributed by atoms with van der Waals surface area (Å²) >= 11 is 0. The zero-order valence-electron chi connectivity index (χ0n) is 98.0. The summed E-state index contributed by atoms with van der Waals surface area (Å²) in [6.07, 6.45) is 18.6. The van der Waals surface area contributed by atoms with Crippen molar-refractivity contribution in [1.29, 1.82) is 0 Å². The van der Waals surface area contributed by atoms with Gasteiger partial charge in [0.15, 0.2) is 0 Å². The molecule has 0 amide bonds. The van der Waals surface area contributed by atoms with Crippen LogP contribution in [0.1, 0.15) is 495 Å². The van der Waals surface area contributed by atoms with Crippen molar-refractivity contribution in [1.82, 2.24) is 0 Å². The van der Waals surface area contributed by atoms with Gasteiger partial charge >= 0.3 is 0 Å². The summed E-state index contributed by atoms with van der Waals surface area (Å²) in [5.41, 5.74) is 20.5. The second-order valence-corrected chi connectivity index (χ2v) is 52.0. The van der Waals surface area contributed by atoms with Gasteiger partial charge in [0.25, 0.3) is 0 Å². The Bertz CT molecular complexity index is 5380. The van der Waals surface area contributed by atoms with Crippen molar-refractivity contribution >= 4 is 0 Å². The monoisotopic (exact) mass is 2000 g/mol. The minimum atomic E-state index is -1.29. The van der Waals surface area contributed by atoms with E-state index in [0.717, 1.165) is 154 Å². The Labute approximate surface area is 890 Å². The number of rotatable bonds is 22. The van der Waals surface area contributed by atoms with Crippen LogP contribution in [0.2, 0.25) is 0 Å². The van der Waals surface area contributed by atoms with E-state index in [4.69, 9.17) is 43.0 Å². The predicted octanol–water partition coefficient (Wildman–Crippen LogP) is 31.4. The molecule has 0 unspecified atom stereocenters. The largest absolute Gasteiger partial charge is 0.456 e. The summed E-state index contributed by atoms with van der Waals surface area (Å²) in [5.74, 6) is 59.0. The van der Waals surface area contributed by atoms with Crippen molar-refractivity contribution in [2.75, 3.05) is 33.8 Å². The number of benzene rings is 4. The molecule has 4 aromatic rings. The highest BCUT2D eigenvalue weighted by molar-refractivity contribution is 5.76. The Morgan fingerprint density at radius 3 is 0.517 bits per heavy atom. The van der Waals surface area contributed by atoms with E-state index in [1.807, 2.05) is 13.8 Å². The fourth-order valence-electron chi connectivity index (χ4n) is 17.4. The van der Waals surface area contributed by atoms with Crippen LogP contribution >= 0.6 is 0 Å². The molecule has 147 heavy (non-hydrogen) atoms. The van der Waals surface area contributed by atoms with E-state index in [1.54, 1.807) is 55.4 Å². The van der Waals surface area contributed by atoms with Gasteiger partial charge in [0.2, 0.25) is 27.2 Å². The van der Waals surface area contributed by atoms with E-state index in [0.29, 0.717) is 145 Å². The SMILES string of the molecule is CCC(C)(C)CO.CCCCCCC1c2cc3c4c(C#CC(=C=C(C#CC(C)(C)O)C(C)(C)C)C(C)(C)C)c2OCOc2c1cc1c(c2C#CC(=C=C(C#CC(C)(C)O)C(C)(C)C)C(C)(C)C)OCOc2c(cc5c(c2C#CC(=C=C(C#CC(C)(C)O)C(C)(C)C)C(C)(C)C)OCOc2c(cc(c(c2C#CC(=C=C(C#CC(C)(C)O)C(C)(C)C)C(C)(C)C)OCO4)C3CCCCCC)C5CCCCCC)C1CCCCCC. The first kappa shape index (κ1) is 122. The van der Waals surface area contributed by atoms with Gasteiger partial charge in [0.1, 0.15) is 90.7 Å². The standard InChI is InChI=1S/C128H168O12.C6H14O/c1-37-41-45-49-53-93-101-77-103-94(54-50-46-42-38-2)105-79-107-96(56-52-48-44-40-4)108-80-106-95(55-51-47-43-39-3)104-78-102(93)110-98(62-58-86(118(8,9)10)74-90(122(20,21)22)66-70-126(31,32)130)112(104)136-83-138-114(106)100(64-60-88(120(14,15)16)76-92(124(26,27)28)68-72-128(35,36)132)116(108)140-84-139-115(107)99(63-59-87(119(11,12)13)75-91(123(23,24)25)67-71-127(33,34)131)113(105)137-82-135-111(103)97(109(101)133-81-134-110)61-57-85(117(5,6)7)73-89(121(17,18)19)65-69-125(29,30)129;1-4-6(2,3)5-7/h77-80,93-96,129-132H,37-56,81-84H2,1-36H3;7H,4-5H2,1-3H3. The van der Waals surface area contributed by atoms with Crippen molar-refractivity contribution in [2.45, 2.75) is 451 Å². The summed E-state index contributed by atoms with van der Waals surface area (Å²) in [6, 6.07) is 9.61. The maximum absolute atomic E-state index is 11.2. The minimum absolute atomic E-state index is 0.139. The van der Waals surface area contributed by atoms with Gasteiger partial charge in [-0.05, 0) is 117 Å². The van der Waals surface area contributed by atoms with Gasteiger partial charge < -0.3 is 63.4 Å². The summed E-state index contributed by atoms with van der Waals surface area (Å²) in [5, 5.41) is 53.6. The molecule has 0 saturated carbocycles. The van der Waals surface area contributed by atoms with E-state index in [9.17, 15) is 20.4 Å². The third-order valence-corrected chi connectivity index (χ3v) is 26.8. The normalized spacial score (nSPS) is 15.6. The van der Waals surface area contributed by atoms with Crippen LogP contribution in [0.3, 0.4) is 0 Å². The van der Waals surface area contributed by atoms with Gasteiger partial charge in [0, 0.05) is 118 Å². The quantitative estimate of drug-likeness (QED) is 0.0286. The van der Waals surface area contributed by atoms with Crippen molar-refractivity contribution in [3.63, 3.8) is 0 Å². The first-order chi connectivity index (χ1) is 68.0. The molecule has 796 valence electrons. The molecule has 0 spiro atoms. The molecule has 8 bridgehead atoms.